The van der Waals surface area contributed by atoms with Crippen LogP contribution in [0.15, 0.2) is 109 Å². The Morgan fingerprint density at radius 3 is 1.53 bits per heavy atom. The molecule has 16 nitrogen and oxygen atoms in total. The standard InChI is InChI=1S/C31H35ClN2O6.C22H30N2O4.C16H6.C10H8ClNOS2/c1-5-29-13-8-15-34-16-14-30(26(29)34)22-12-11-20(38-4)17-24(22)33(3)27(30)31(37,28(29)40-19(2)35)18-39-25(36)21-9-6-7-10-23(21)32;1-4-20-8-5-10-24-11-9-21(17(20)24)15-7-6-14(28-3)12-16(15)23(2)18(21)22(27,13-25)19(20)26;1-3-5-7-9-11-13-15-16-14-12-10-8-6-4-2;11-8-4-2-1-3-7(8)9(13)12-5-6-15-10(12)14/h6-13,17,26-28,37H,5,14-16,18H2,1-4H3;5-8,12,17-19,25-27H,4,9-11,13H2,1-3H3;1-2H3;1-4H,5-6H2/t26-,27+,28+,29+,30+,31-;17-,18+,19+,20+,21+,22-;;/m00../s1. The Hall–Kier alpha value is -8.33. The Bertz CT molecular complexity index is 4330. The van der Waals surface area contributed by atoms with Gasteiger partial charge in [-0.1, -0.05) is 134 Å². The summed E-state index contributed by atoms with van der Waals surface area (Å²) in [5.74, 6) is 36.7. The lowest BCUT2D eigenvalue weighted by Gasteiger charge is -2.64. The van der Waals surface area contributed by atoms with E-state index in [1.807, 2.05) is 38.4 Å². The molecule has 0 radical (unpaired) electrons. The van der Waals surface area contributed by atoms with Crippen LogP contribution in [0.1, 0.15) is 92.1 Å². The Balaban J connectivity index is 0.000000156. The van der Waals surface area contributed by atoms with Crippen LogP contribution in [0, 0.1) is 93.7 Å². The Morgan fingerprint density at radius 2 is 1.09 bits per heavy atom. The van der Waals surface area contributed by atoms with Gasteiger partial charge in [-0.25, -0.2) is 4.79 Å². The first kappa shape index (κ1) is 73.4. The minimum Gasteiger partial charge on any atom is -0.497 e. The second-order valence-electron chi connectivity index (χ2n) is 25.5. The van der Waals surface area contributed by atoms with Crippen molar-refractivity contribution in [1.29, 1.82) is 0 Å². The lowest BCUT2D eigenvalue weighted by Crippen LogP contribution is -2.80. The van der Waals surface area contributed by atoms with Gasteiger partial charge in [-0.2, -0.15) is 0 Å². The van der Waals surface area contributed by atoms with Crippen LogP contribution in [-0.2, 0) is 25.1 Å². The highest BCUT2D eigenvalue weighted by Gasteiger charge is 2.79. The molecule has 13 rings (SSSR count). The molecule has 4 aromatic carbocycles. The van der Waals surface area contributed by atoms with Crippen LogP contribution >= 0.6 is 47.2 Å². The van der Waals surface area contributed by atoms with Crippen molar-refractivity contribution in [2.24, 2.45) is 10.8 Å². The van der Waals surface area contributed by atoms with E-state index in [-0.39, 0.29) is 40.6 Å². The minimum absolute atomic E-state index is 0.0408. The van der Waals surface area contributed by atoms with Crippen molar-refractivity contribution in [1.82, 2.24) is 14.7 Å². The van der Waals surface area contributed by atoms with Crippen molar-refractivity contribution in [2.75, 3.05) is 89.8 Å². The number of ether oxygens (including phenoxy) is 4. The number of thioether (sulfide) groups is 1. The van der Waals surface area contributed by atoms with Gasteiger partial charge < -0.3 is 49.2 Å². The number of nitrogens with zero attached hydrogens (tertiary/aromatic N) is 5. The fourth-order valence-electron chi connectivity index (χ4n) is 17.6. The molecule has 5 fully saturated rings. The van der Waals surface area contributed by atoms with Crippen LogP contribution < -0.4 is 19.3 Å². The molecule has 4 N–H and O–H groups in total. The lowest BCUT2D eigenvalue weighted by atomic mass is 9.48. The largest absolute Gasteiger partial charge is 0.497 e. The van der Waals surface area contributed by atoms with Gasteiger partial charge in [0.15, 0.2) is 5.60 Å². The fourth-order valence-corrected chi connectivity index (χ4v) is 19.2. The third-order valence-electron chi connectivity index (χ3n) is 21.0. The summed E-state index contributed by atoms with van der Waals surface area (Å²) in [6.45, 7) is 12.1. The quantitative estimate of drug-likeness (QED) is 0.0511. The average molecular weight is 1410 g/mol. The summed E-state index contributed by atoms with van der Waals surface area (Å²) >= 11 is 18.9. The van der Waals surface area contributed by atoms with Gasteiger partial charge in [0.1, 0.15) is 34.1 Å². The maximum Gasteiger partial charge on any atom is 0.339 e. The van der Waals surface area contributed by atoms with E-state index >= 15 is 0 Å². The summed E-state index contributed by atoms with van der Waals surface area (Å²) in [5, 5.41) is 47.5. The monoisotopic (exact) mass is 1410 g/mol. The minimum atomic E-state index is -1.76. The van der Waals surface area contributed by atoms with E-state index in [0.717, 1.165) is 67.5 Å². The smallest absolute Gasteiger partial charge is 0.339 e. The number of likely N-dealkylation sites (N-methyl/N-ethyl adjacent to an activating group) is 2. The number of thiocarbonyl (C=S) groups is 1. The van der Waals surface area contributed by atoms with Gasteiger partial charge in [0.05, 0.1) is 60.2 Å². The van der Waals surface area contributed by atoms with Gasteiger partial charge in [0.25, 0.3) is 5.91 Å². The van der Waals surface area contributed by atoms with E-state index < -0.39 is 70.3 Å². The molecule has 0 unspecified atom stereocenters. The molecule has 0 aromatic heterocycles. The first-order valence-electron chi connectivity index (χ1n) is 32.7. The molecular weight excluding hydrogens is 1330 g/mol. The van der Waals surface area contributed by atoms with Crippen molar-refractivity contribution >= 4 is 80.7 Å². The number of methoxy groups -OCH3 is 2. The lowest BCUT2D eigenvalue weighted by molar-refractivity contribution is -0.228. The van der Waals surface area contributed by atoms with Crippen molar-refractivity contribution in [3.8, 4) is 94.4 Å². The van der Waals surface area contributed by atoms with Crippen LogP contribution in [-0.4, -0.2) is 185 Å². The van der Waals surface area contributed by atoms with Crippen molar-refractivity contribution in [2.45, 2.75) is 119 Å². The van der Waals surface area contributed by atoms with Crippen LogP contribution in [0.4, 0.5) is 11.4 Å². The van der Waals surface area contributed by atoms with Gasteiger partial charge in [-0.3, -0.25) is 24.3 Å². The molecule has 0 bridgehead atoms. The summed E-state index contributed by atoms with van der Waals surface area (Å²) in [6.07, 6.45) is 9.47. The number of hydrogen-bond donors (Lipinski definition) is 4. The van der Waals surface area contributed by atoms with Gasteiger partial charge in [-0.15, -0.1) is 0 Å². The zero-order valence-electron chi connectivity index (χ0n) is 56.8. The topological polar surface area (TPSA) is 185 Å². The van der Waals surface area contributed by atoms with Gasteiger partial charge in [0, 0.05) is 104 Å². The van der Waals surface area contributed by atoms with Gasteiger partial charge >= 0.3 is 11.9 Å². The Labute approximate surface area is 600 Å². The molecule has 12 atom stereocenters. The molecule has 1 amide bonds. The molecule has 2 spiro atoms. The predicted molar refractivity (Wildman–Crippen MR) is 391 cm³/mol. The predicted octanol–water partition coefficient (Wildman–Crippen LogP) is 8.73. The van der Waals surface area contributed by atoms with Crippen LogP contribution in [0.25, 0.3) is 0 Å². The molecule has 99 heavy (non-hydrogen) atoms. The molecule has 4 aromatic rings. The number of aliphatic hydroxyl groups excluding tert-OH is 2. The summed E-state index contributed by atoms with van der Waals surface area (Å²) in [4.78, 5) is 48.6. The zero-order chi connectivity index (χ0) is 71.1. The molecule has 9 aliphatic rings. The molecule has 7 aliphatic heterocycles. The molecule has 7 heterocycles. The number of amides is 1. The third-order valence-corrected chi connectivity index (χ3v) is 23.1. The molecule has 2 saturated carbocycles. The van der Waals surface area contributed by atoms with Gasteiger partial charge in [-0.05, 0) is 171 Å². The van der Waals surface area contributed by atoms with Crippen LogP contribution in [0.2, 0.25) is 10.0 Å². The number of carbonyl (C=O) groups is 3. The Morgan fingerprint density at radius 1 is 0.636 bits per heavy atom. The number of aliphatic hydroxyl groups is 4. The maximum absolute atomic E-state index is 13.3. The molecule has 512 valence electrons. The highest BCUT2D eigenvalue weighted by molar-refractivity contribution is 8.23. The number of esters is 2. The Kier molecular flexibility index (Phi) is 22.7. The number of anilines is 2. The third kappa shape index (κ3) is 12.8. The summed E-state index contributed by atoms with van der Waals surface area (Å²) in [6, 6.07) is 25.0. The van der Waals surface area contributed by atoms with Crippen LogP contribution in [0.3, 0.4) is 0 Å². The molecule has 2 aliphatic carbocycles. The van der Waals surface area contributed by atoms with E-state index in [1.54, 1.807) is 81.5 Å². The van der Waals surface area contributed by atoms with E-state index in [9.17, 15) is 34.8 Å². The van der Waals surface area contributed by atoms with Crippen LogP contribution in [0.5, 0.6) is 11.5 Å². The fraction of sp³-hybridized carbons (Fsp3) is 0.418. The summed E-state index contributed by atoms with van der Waals surface area (Å²) in [7, 11) is 7.20. The normalized spacial score (nSPS) is 29.0. The number of halogens is 2. The van der Waals surface area contributed by atoms with Crippen molar-refractivity contribution in [3.63, 3.8) is 0 Å². The number of rotatable bonds is 10. The average Bonchev–Trinajstić information content (AvgIpc) is 1.52. The van der Waals surface area contributed by atoms with E-state index in [2.05, 4.69) is 153 Å². The second-order valence-corrected chi connectivity index (χ2v) is 28.1. The number of hydrogen-bond acceptors (Lipinski definition) is 17. The molecule has 20 heteroatoms. The van der Waals surface area contributed by atoms with Crippen molar-refractivity contribution < 1.29 is 53.8 Å². The number of fused-ring (bicyclic) bond motifs is 2. The van der Waals surface area contributed by atoms with Crippen molar-refractivity contribution in [3.05, 3.63) is 142 Å². The SMILES string of the molecule is CC#CC#CC#CC#CC#CC#CC#CC.CC[C@]12C=CCN3CC[C@@]4(c5ccc(OC)cc5N(C)[C@H]4[C@@](O)(CO)[C@@H]1O)[C@@H]32.CC[C@]12C=CCN3CC[C@@]4(c5ccc(OC)cc5N(C)[C@H]4[C@@](O)(COC(=O)c4ccccc4Cl)[C@@H]1OC(C)=O)[C@@H]32.O=C(c1ccccc1Cl)N1CCSC1=S. The zero-order valence-corrected chi connectivity index (χ0v) is 59.9. The van der Waals surface area contributed by atoms with E-state index in [4.69, 9.17) is 54.4 Å². The molecular formula is C79H79Cl2N5O11S2. The van der Waals surface area contributed by atoms with Gasteiger partial charge in [0.2, 0.25) is 0 Å². The highest BCUT2D eigenvalue weighted by Crippen LogP contribution is 2.69. The molecule has 3 saturated heterocycles. The maximum atomic E-state index is 13.3. The summed E-state index contributed by atoms with van der Waals surface area (Å²) in [5.41, 5.74) is -0.537. The van der Waals surface area contributed by atoms with E-state index in [0.29, 0.717) is 40.0 Å². The second kappa shape index (κ2) is 30.6. The number of carbonyl (C=O) groups excluding carboxylic acids is 3. The summed E-state index contributed by atoms with van der Waals surface area (Å²) < 4.78 is 23.7. The first-order valence-corrected chi connectivity index (χ1v) is 34.9. The highest BCUT2D eigenvalue weighted by atomic mass is 35.5. The number of benzene rings is 4. The first-order chi connectivity index (χ1) is 47.6. The van der Waals surface area contributed by atoms with E-state index in [1.165, 1.54) is 24.2 Å².